The van der Waals surface area contributed by atoms with Crippen LogP contribution < -0.4 is 5.32 Å². The van der Waals surface area contributed by atoms with Crippen LogP contribution >= 0.6 is 11.8 Å². The Labute approximate surface area is 94.5 Å². The molecule has 1 amide bonds. The molecule has 0 unspecified atom stereocenters. The van der Waals surface area contributed by atoms with Crippen LogP contribution in [0.25, 0.3) is 0 Å². The Hall–Kier alpha value is -0.970. The largest absolute Gasteiger partial charge is 0.355 e. The Balaban J connectivity index is 2.45. The Morgan fingerprint density at radius 2 is 2.47 bits per heavy atom. The summed E-state index contributed by atoms with van der Waals surface area (Å²) in [6, 6.07) is 0. The number of aryl methyl sites for hydroxylation is 1. The Kier molecular flexibility index (Phi) is 4.68. The summed E-state index contributed by atoms with van der Waals surface area (Å²) in [4.78, 5) is 15.7. The number of nitrogens with zero attached hydrogens (tertiary/aromatic N) is 2. The van der Waals surface area contributed by atoms with E-state index in [-0.39, 0.29) is 11.2 Å². The number of imidazole rings is 1. The molecule has 84 valence electrons. The van der Waals surface area contributed by atoms with Crippen LogP contribution in [0, 0.1) is 0 Å². The predicted octanol–water partition coefficient (Wildman–Crippen LogP) is 1.43. The lowest BCUT2D eigenvalue weighted by molar-refractivity contribution is -0.120. The summed E-state index contributed by atoms with van der Waals surface area (Å²) in [6.45, 7) is 4.67. The van der Waals surface area contributed by atoms with Gasteiger partial charge >= 0.3 is 0 Å². The summed E-state index contributed by atoms with van der Waals surface area (Å²) in [5.74, 6) is 0.0739. The second-order valence-corrected chi connectivity index (χ2v) is 4.68. The van der Waals surface area contributed by atoms with Crippen molar-refractivity contribution in [2.75, 3.05) is 6.54 Å². The van der Waals surface area contributed by atoms with Gasteiger partial charge in [-0.3, -0.25) is 4.79 Å². The van der Waals surface area contributed by atoms with Crippen LogP contribution in [0.15, 0.2) is 17.6 Å². The van der Waals surface area contributed by atoms with Gasteiger partial charge in [0, 0.05) is 26.0 Å². The van der Waals surface area contributed by atoms with Crippen LogP contribution in [0.2, 0.25) is 0 Å². The van der Waals surface area contributed by atoms with Crippen molar-refractivity contribution in [1.82, 2.24) is 14.9 Å². The lowest BCUT2D eigenvalue weighted by Gasteiger charge is -2.10. The van der Waals surface area contributed by atoms with Crippen molar-refractivity contribution in [3.8, 4) is 0 Å². The molecule has 0 bridgehead atoms. The van der Waals surface area contributed by atoms with Crippen molar-refractivity contribution in [3.05, 3.63) is 12.4 Å². The van der Waals surface area contributed by atoms with Crippen molar-refractivity contribution in [1.29, 1.82) is 0 Å². The second kappa shape index (κ2) is 5.80. The Morgan fingerprint density at radius 1 is 1.73 bits per heavy atom. The SMILES string of the molecule is CCCNC(=O)[C@@H](C)Sc1nccn1C. The van der Waals surface area contributed by atoms with E-state index in [1.54, 1.807) is 6.20 Å². The van der Waals surface area contributed by atoms with Gasteiger partial charge in [0.2, 0.25) is 5.91 Å². The highest BCUT2D eigenvalue weighted by atomic mass is 32.2. The van der Waals surface area contributed by atoms with Crippen molar-refractivity contribution >= 4 is 17.7 Å². The molecule has 1 N–H and O–H groups in total. The maximum atomic E-state index is 11.6. The van der Waals surface area contributed by atoms with E-state index < -0.39 is 0 Å². The van der Waals surface area contributed by atoms with Gasteiger partial charge in [-0.25, -0.2) is 4.98 Å². The number of hydrogen-bond acceptors (Lipinski definition) is 3. The van der Waals surface area contributed by atoms with Crippen LogP contribution in [0.3, 0.4) is 0 Å². The number of rotatable bonds is 5. The van der Waals surface area contributed by atoms with E-state index in [9.17, 15) is 4.79 Å². The molecule has 0 saturated carbocycles. The molecular weight excluding hydrogens is 210 g/mol. The number of nitrogens with one attached hydrogen (secondary N) is 1. The third-order valence-corrected chi connectivity index (χ3v) is 3.15. The highest BCUT2D eigenvalue weighted by molar-refractivity contribution is 8.00. The first-order valence-corrected chi connectivity index (χ1v) is 5.94. The number of thioether (sulfide) groups is 1. The maximum absolute atomic E-state index is 11.6. The lowest BCUT2D eigenvalue weighted by atomic mass is 10.4. The second-order valence-electron chi connectivity index (χ2n) is 3.37. The minimum atomic E-state index is -0.0994. The van der Waals surface area contributed by atoms with Gasteiger partial charge in [-0.1, -0.05) is 18.7 Å². The minimum absolute atomic E-state index is 0.0739. The quantitative estimate of drug-likeness (QED) is 0.774. The van der Waals surface area contributed by atoms with Crippen molar-refractivity contribution in [3.63, 3.8) is 0 Å². The van der Waals surface area contributed by atoms with Crippen LogP contribution in [0.1, 0.15) is 20.3 Å². The smallest absolute Gasteiger partial charge is 0.233 e. The fourth-order valence-corrected chi connectivity index (χ4v) is 1.92. The van der Waals surface area contributed by atoms with Gasteiger partial charge in [-0.15, -0.1) is 0 Å². The molecule has 0 aliphatic carbocycles. The van der Waals surface area contributed by atoms with Crippen LogP contribution in [0.4, 0.5) is 0 Å². The zero-order chi connectivity index (χ0) is 11.3. The number of aromatic nitrogens is 2. The van der Waals surface area contributed by atoms with E-state index in [2.05, 4.69) is 10.3 Å². The van der Waals surface area contributed by atoms with Crippen LogP contribution in [-0.2, 0) is 11.8 Å². The third-order valence-electron chi connectivity index (χ3n) is 1.98. The van der Waals surface area contributed by atoms with Crippen molar-refractivity contribution in [2.24, 2.45) is 7.05 Å². The Morgan fingerprint density at radius 3 is 3.00 bits per heavy atom. The highest BCUT2D eigenvalue weighted by Gasteiger charge is 2.15. The maximum Gasteiger partial charge on any atom is 0.233 e. The van der Waals surface area contributed by atoms with Gasteiger partial charge in [0.25, 0.3) is 0 Å². The minimum Gasteiger partial charge on any atom is -0.355 e. The average molecular weight is 227 g/mol. The van der Waals surface area contributed by atoms with Crippen LogP contribution in [-0.4, -0.2) is 27.3 Å². The molecule has 0 aromatic carbocycles. The molecule has 1 heterocycles. The summed E-state index contributed by atoms with van der Waals surface area (Å²) in [5.41, 5.74) is 0. The molecule has 0 aliphatic heterocycles. The Bertz CT molecular complexity index is 324. The van der Waals surface area contributed by atoms with E-state index in [4.69, 9.17) is 0 Å². The third kappa shape index (κ3) is 3.58. The molecule has 1 atom stereocenters. The molecule has 1 aromatic rings. The summed E-state index contributed by atoms with van der Waals surface area (Å²) >= 11 is 1.48. The first kappa shape index (κ1) is 12.1. The highest BCUT2D eigenvalue weighted by Crippen LogP contribution is 2.20. The molecule has 4 nitrogen and oxygen atoms in total. The first-order chi connectivity index (χ1) is 7.15. The van der Waals surface area contributed by atoms with E-state index in [0.29, 0.717) is 0 Å². The number of hydrogen-bond donors (Lipinski definition) is 1. The van der Waals surface area contributed by atoms with E-state index in [1.807, 2.05) is 31.7 Å². The molecule has 1 rings (SSSR count). The number of carbonyl (C=O) groups is 1. The number of amides is 1. The molecule has 5 heteroatoms. The first-order valence-electron chi connectivity index (χ1n) is 5.06. The molecule has 0 fully saturated rings. The zero-order valence-corrected chi connectivity index (χ0v) is 10.2. The van der Waals surface area contributed by atoms with Gasteiger partial charge in [0.05, 0.1) is 5.25 Å². The standard InChI is InChI=1S/C10H17N3OS/c1-4-5-11-9(14)8(2)15-10-12-6-7-13(10)3/h6-8H,4-5H2,1-3H3,(H,11,14)/t8-/m1/s1. The van der Waals surface area contributed by atoms with Gasteiger partial charge < -0.3 is 9.88 Å². The molecule has 0 saturated heterocycles. The van der Waals surface area contributed by atoms with E-state index >= 15 is 0 Å². The topological polar surface area (TPSA) is 46.9 Å². The monoisotopic (exact) mass is 227 g/mol. The summed E-state index contributed by atoms with van der Waals surface area (Å²) in [5, 5.41) is 3.64. The molecule has 0 aliphatic rings. The predicted molar refractivity (Wildman–Crippen MR) is 61.8 cm³/mol. The van der Waals surface area contributed by atoms with Crippen molar-refractivity contribution in [2.45, 2.75) is 30.7 Å². The lowest BCUT2D eigenvalue weighted by Crippen LogP contribution is -2.31. The summed E-state index contributed by atoms with van der Waals surface area (Å²) in [7, 11) is 1.92. The van der Waals surface area contributed by atoms with Gasteiger partial charge in [0.1, 0.15) is 0 Å². The normalized spacial score (nSPS) is 12.5. The van der Waals surface area contributed by atoms with E-state index in [1.165, 1.54) is 11.8 Å². The molecule has 15 heavy (non-hydrogen) atoms. The van der Waals surface area contributed by atoms with E-state index in [0.717, 1.165) is 18.1 Å². The van der Waals surface area contributed by atoms with Gasteiger partial charge in [-0.05, 0) is 13.3 Å². The fraction of sp³-hybridized carbons (Fsp3) is 0.600. The van der Waals surface area contributed by atoms with Gasteiger partial charge in [0.15, 0.2) is 5.16 Å². The zero-order valence-electron chi connectivity index (χ0n) is 9.36. The molecule has 0 radical (unpaired) electrons. The number of carbonyl (C=O) groups excluding carboxylic acids is 1. The summed E-state index contributed by atoms with van der Waals surface area (Å²) < 4.78 is 1.91. The molecular formula is C10H17N3OS. The fourth-order valence-electron chi connectivity index (χ4n) is 1.07. The average Bonchev–Trinajstić information content (AvgIpc) is 2.61. The van der Waals surface area contributed by atoms with Crippen LogP contribution in [0.5, 0.6) is 0 Å². The molecule has 1 aromatic heterocycles. The summed E-state index contributed by atoms with van der Waals surface area (Å²) in [6.07, 6.45) is 4.57. The molecule has 0 spiro atoms. The van der Waals surface area contributed by atoms with Gasteiger partial charge in [-0.2, -0.15) is 0 Å². The van der Waals surface area contributed by atoms with Crippen molar-refractivity contribution < 1.29 is 4.79 Å².